The number of fused-ring (bicyclic) bond motifs is 13. The molecule has 19 rings (SSSR count). The van der Waals surface area contributed by atoms with Gasteiger partial charge in [-0.15, -0.1) is 0 Å². The zero-order chi connectivity index (χ0) is 76.4. The van der Waals surface area contributed by atoms with Crippen LogP contribution >= 0.6 is 0 Å². The second-order valence-electron chi connectivity index (χ2n) is 34.5. The lowest BCUT2D eigenvalue weighted by Crippen LogP contribution is -2.31. The first kappa shape index (κ1) is 70.7. The molecular formula is C108H96N4. The van der Waals surface area contributed by atoms with Crippen LogP contribution in [0.5, 0.6) is 0 Å². The molecule has 0 saturated carbocycles. The van der Waals surface area contributed by atoms with E-state index in [0.29, 0.717) is 35.2 Å². The first-order chi connectivity index (χ1) is 54.4. The molecule has 4 heteroatoms. The Morgan fingerprint density at radius 3 is 1.92 bits per heavy atom. The third-order valence-corrected chi connectivity index (χ3v) is 26.4. The highest BCUT2D eigenvalue weighted by Crippen LogP contribution is 2.66. The molecule has 6 atom stereocenters. The molecule has 548 valence electrons. The summed E-state index contributed by atoms with van der Waals surface area (Å²) in [5.74, 6) is 3.35. The van der Waals surface area contributed by atoms with E-state index in [1.54, 1.807) is 0 Å². The predicted molar refractivity (Wildman–Crippen MR) is 470 cm³/mol. The van der Waals surface area contributed by atoms with Gasteiger partial charge >= 0.3 is 0 Å². The van der Waals surface area contributed by atoms with Crippen molar-refractivity contribution in [3.05, 3.63) is 404 Å². The van der Waals surface area contributed by atoms with Crippen molar-refractivity contribution in [3.8, 4) is 56.4 Å². The topological polar surface area (TPSA) is 51.0 Å². The van der Waals surface area contributed by atoms with Gasteiger partial charge in [0.1, 0.15) is 0 Å². The maximum Gasteiger partial charge on any atom is 0.164 e. The number of rotatable bonds is 12. The molecule has 112 heavy (non-hydrogen) atoms. The van der Waals surface area contributed by atoms with Gasteiger partial charge in [0.2, 0.25) is 0 Å². The van der Waals surface area contributed by atoms with Crippen LogP contribution in [0.1, 0.15) is 191 Å². The lowest BCUT2D eigenvalue weighted by molar-refractivity contribution is 0.527. The van der Waals surface area contributed by atoms with E-state index in [2.05, 4.69) is 342 Å². The van der Waals surface area contributed by atoms with Crippen molar-refractivity contribution in [2.45, 2.75) is 141 Å². The van der Waals surface area contributed by atoms with E-state index in [0.717, 1.165) is 73.0 Å². The van der Waals surface area contributed by atoms with Gasteiger partial charge in [-0.3, -0.25) is 4.99 Å². The maximum absolute atomic E-state index is 5.67. The Hall–Kier alpha value is -11.7. The number of nitrogens with zero attached hydrogens (tertiary/aromatic N) is 4. The van der Waals surface area contributed by atoms with Crippen molar-refractivity contribution in [2.75, 3.05) is 0 Å². The van der Waals surface area contributed by atoms with E-state index in [-0.39, 0.29) is 22.2 Å². The van der Waals surface area contributed by atoms with E-state index in [4.69, 9.17) is 26.5 Å². The van der Waals surface area contributed by atoms with Gasteiger partial charge in [0.25, 0.3) is 0 Å². The normalized spacial score (nSPS) is 23.4. The molecule has 1 aromatic heterocycles. The number of benzene rings is 9. The molecule has 0 amide bonds. The molecule has 9 aliphatic rings. The third-order valence-electron chi connectivity index (χ3n) is 26.4. The van der Waals surface area contributed by atoms with Crippen LogP contribution in [0.4, 0.5) is 0 Å². The van der Waals surface area contributed by atoms with Crippen molar-refractivity contribution in [3.63, 3.8) is 0 Å². The number of aliphatic imine (C=N–C) groups is 1. The van der Waals surface area contributed by atoms with Crippen molar-refractivity contribution < 1.29 is 0 Å². The van der Waals surface area contributed by atoms with Crippen LogP contribution in [0.2, 0.25) is 0 Å². The predicted octanol–water partition coefficient (Wildman–Crippen LogP) is 27.3. The van der Waals surface area contributed by atoms with Crippen LogP contribution in [0.3, 0.4) is 0 Å². The first-order valence-corrected chi connectivity index (χ1v) is 40.8. The van der Waals surface area contributed by atoms with Crippen molar-refractivity contribution in [2.24, 2.45) is 16.8 Å². The molecule has 9 aromatic carbocycles. The Balaban J connectivity index is 0.622. The minimum atomic E-state index is -0.496. The molecule has 0 aliphatic heterocycles. The zero-order valence-corrected chi connectivity index (χ0v) is 66.0. The number of hydrogen-bond donors (Lipinski definition) is 0. The second-order valence-corrected chi connectivity index (χ2v) is 34.5. The van der Waals surface area contributed by atoms with Crippen molar-refractivity contribution in [1.29, 1.82) is 0 Å². The summed E-state index contributed by atoms with van der Waals surface area (Å²) in [7, 11) is 0. The lowest BCUT2D eigenvalue weighted by atomic mass is 9.63. The average molecular weight is 1450 g/mol. The Morgan fingerprint density at radius 1 is 0.527 bits per heavy atom. The van der Waals surface area contributed by atoms with Crippen LogP contribution in [0.15, 0.2) is 336 Å². The Morgan fingerprint density at radius 2 is 1.17 bits per heavy atom. The quantitative estimate of drug-likeness (QED) is 0.115. The van der Waals surface area contributed by atoms with Crippen LogP contribution in [0, 0.1) is 11.8 Å². The van der Waals surface area contributed by atoms with E-state index >= 15 is 0 Å². The fourth-order valence-corrected chi connectivity index (χ4v) is 20.1. The van der Waals surface area contributed by atoms with Gasteiger partial charge in [0, 0.05) is 33.2 Å². The van der Waals surface area contributed by atoms with Gasteiger partial charge in [-0.2, -0.15) is 0 Å². The molecule has 0 saturated heterocycles. The summed E-state index contributed by atoms with van der Waals surface area (Å²) in [6, 6.07) is 77.1. The van der Waals surface area contributed by atoms with Gasteiger partial charge in [0.05, 0.1) is 11.1 Å². The summed E-state index contributed by atoms with van der Waals surface area (Å²) in [5.41, 5.74) is 38.4. The highest BCUT2D eigenvalue weighted by Gasteiger charge is 2.55. The molecule has 10 aromatic rings. The average Bonchev–Trinajstić information content (AvgIpc) is 1.50. The van der Waals surface area contributed by atoms with Gasteiger partial charge in [0.15, 0.2) is 17.5 Å². The second kappa shape index (κ2) is 27.6. The summed E-state index contributed by atoms with van der Waals surface area (Å²) in [6.45, 7) is 26.2. The molecule has 9 aliphatic carbocycles. The molecule has 0 fully saturated rings. The highest BCUT2D eigenvalue weighted by molar-refractivity contribution is 6.02. The van der Waals surface area contributed by atoms with Gasteiger partial charge < -0.3 is 0 Å². The summed E-state index contributed by atoms with van der Waals surface area (Å²) in [5, 5.41) is 0. The zero-order valence-electron chi connectivity index (χ0n) is 66.0. The van der Waals surface area contributed by atoms with Crippen LogP contribution in [0.25, 0.3) is 84.8 Å². The van der Waals surface area contributed by atoms with Gasteiger partial charge in [-0.25, -0.2) is 15.0 Å². The van der Waals surface area contributed by atoms with Crippen LogP contribution in [-0.4, -0.2) is 20.7 Å². The molecular weight excluding hydrogens is 1350 g/mol. The monoisotopic (exact) mass is 1450 g/mol. The van der Waals surface area contributed by atoms with E-state index in [1.807, 2.05) is 18.2 Å². The molecule has 0 N–H and O–H groups in total. The Labute approximate surface area is 662 Å². The van der Waals surface area contributed by atoms with Crippen LogP contribution < -0.4 is 0 Å². The molecule has 6 unspecified atom stereocenters. The van der Waals surface area contributed by atoms with Gasteiger partial charge in [-0.1, -0.05) is 341 Å². The van der Waals surface area contributed by atoms with E-state index < -0.39 is 5.41 Å². The van der Waals surface area contributed by atoms with E-state index in [1.165, 1.54) is 145 Å². The summed E-state index contributed by atoms with van der Waals surface area (Å²) in [4.78, 5) is 21.3. The summed E-state index contributed by atoms with van der Waals surface area (Å²) >= 11 is 0. The van der Waals surface area contributed by atoms with Gasteiger partial charge in [-0.05, 0) is 244 Å². The smallest absolute Gasteiger partial charge is 0.164 e. The molecule has 1 spiro atoms. The summed E-state index contributed by atoms with van der Waals surface area (Å²) in [6.07, 6.45) is 42.1. The van der Waals surface area contributed by atoms with Crippen molar-refractivity contribution in [1.82, 2.24) is 15.0 Å². The molecule has 4 nitrogen and oxygen atoms in total. The minimum Gasteiger partial charge on any atom is -0.253 e. The number of aromatic nitrogens is 3. The molecule has 1 heterocycles. The Bertz CT molecular complexity index is 6030. The molecule has 0 bridgehead atoms. The Kier molecular flexibility index (Phi) is 17.4. The summed E-state index contributed by atoms with van der Waals surface area (Å²) < 4.78 is 0. The highest BCUT2D eigenvalue weighted by atomic mass is 15.0. The fraction of sp³-hybridized carbons (Fsp3) is 0.222. The van der Waals surface area contributed by atoms with Crippen LogP contribution in [-0.2, 0) is 21.7 Å². The van der Waals surface area contributed by atoms with Crippen molar-refractivity contribution >= 4 is 34.1 Å². The SMILES string of the molecule is C=C1CC=CC2=C1C1(C3=C(C=CC(C/C=C(\N=C(C)c4ccc5c(c4)C(C)CC=C5)C4=CC=C(c5ccccc5)C(C)C4)C3)c3ccc(-c4ccc5c(c4)C(C)(C)C4=CC(C)(c6ccc(-c7nc(-c8ccccc8)nc(-c8ccc(-c9ccc%10c(c9)C(C)(C)C/C=C\C=C/C%10C)cc8)n7)cc6)CC=C45)cc31)c1ccccc12. The molecule has 0 radical (unpaired) electrons. The maximum atomic E-state index is 5.67. The largest absolute Gasteiger partial charge is 0.253 e. The third kappa shape index (κ3) is 12.0. The minimum absolute atomic E-state index is 0.00444. The number of allylic oxidation sites excluding steroid dienone is 23. The van der Waals surface area contributed by atoms with E-state index in [9.17, 15) is 0 Å². The fourth-order valence-electron chi connectivity index (χ4n) is 20.1. The standard InChI is InChI=1S/C108H96N4/c1-67-24-14-13-21-58-105(6,7)95-63-80(45-53-86(67)95)73-37-40-77(41-38-73)103-110-102(76-29-17-12-18-30-76)111-104(112-103)78-43-49-84(50-44-78)107(10)59-57-91-88-54-46-81(64-96(88)106(8,9)99(91)66-107)82-47-55-90-89-51-35-72(61-97(89)108(98(90)65-82)94-34-20-19-32-87(94)92-33-23-26-69(3)101(92)108)36-56-100(83-48-52-85(70(4)60-83)74-27-15-11-16-28-74)109-71(5)79-42-39-75-31-22-25-68(2)93(75)62-79/h11-24,27-35,37-57,62-68,70,72H,3,25-26,36,58-61H2,1-2,4-10H3/b21-13-,24-14-,100-56-,109-71?. The first-order valence-electron chi connectivity index (χ1n) is 40.8. The lowest BCUT2D eigenvalue weighted by Gasteiger charge is -2.38. The number of hydrogen-bond acceptors (Lipinski definition) is 4.